The molecule has 0 unspecified atom stereocenters. The maximum absolute atomic E-state index is 12.2. The third-order valence-corrected chi connectivity index (χ3v) is 3.97. The van der Waals surface area contributed by atoms with Gasteiger partial charge in [-0.2, -0.15) is 0 Å². The number of ether oxygens (including phenoxy) is 1. The molecule has 1 aliphatic carbocycles. The van der Waals surface area contributed by atoms with Crippen LogP contribution in [0.25, 0.3) is 0 Å². The van der Waals surface area contributed by atoms with E-state index in [9.17, 15) is 9.59 Å². The van der Waals surface area contributed by atoms with Crippen molar-refractivity contribution in [3.05, 3.63) is 59.7 Å². The minimum atomic E-state index is -0.239. The lowest BCUT2D eigenvalue weighted by molar-refractivity contribution is 0.0947. The van der Waals surface area contributed by atoms with E-state index in [2.05, 4.69) is 16.0 Å². The number of anilines is 1. The van der Waals surface area contributed by atoms with Crippen LogP contribution >= 0.6 is 0 Å². The van der Waals surface area contributed by atoms with Crippen molar-refractivity contribution in [1.29, 1.82) is 0 Å². The molecule has 0 bridgehead atoms. The van der Waals surface area contributed by atoms with E-state index in [1.165, 1.54) is 5.56 Å². The van der Waals surface area contributed by atoms with Gasteiger partial charge in [-0.3, -0.25) is 4.79 Å². The van der Waals surface area contributed by atoms with Gasteiger partial charge in [0.25, 0.3) is 5.91 Å². The summed E-state index contributed by atoms with van der Waals surface area (Å²) in [6.45, 7) is 2.80. The fourth-order valence-corrected chi connectivity index (χ4v) is 2.39. The summed E-state index contributed by atoms with van der Waals surface area (Å²) in [7, 11) is 0. The van der Waals surface area contributed by atoms with E-state index in [0.717, 1.165) is 18.6 Å². The summed E-state index contributed by atoms with van der Waals surface area (Å²) >= 11 is 0. The van der Waals surface area contributed by atoms with Gasteiger partial charge >= 0.3 is 6.03 Å². The number of amides is 3. The highest BCUT2D eigenvalue weighted by atomic mass is 16.5. The molecular weight excluding hydrogens is 330 g/mol. The number of urea groups is 1. The molecule has 136 valence electrons. The molecule has 1 aliphatic rings. The SMILES string of the molecule is Cc1ccc(OCCNC(=O)c2cccc(NC(=O)NC3CC3)c2)cc1. The van der Waals surface area contributed by atoms with Crippen molar-refractivity contribution >= 4 is 17.6 Å². The fraction of sp³-hybridized carbons (Fsp3) is 0.300. The summed E-state index contributed by atoms with van der Waals surface area (Å²) in [6.07, 6.45) is 2.06. The lowest BCUT2D eigenvalue weighted by Crippen LogP contribution is -2.31. The average Bonchev–Trinajstić information content (AvgIpc) is 3.44. The first kappa shape index (κ1) is 17.8. The molecular formula is C20H23N3O3. The summed E-state index contributed by atoms with van der Waals surface area (Å²) in [6, 6.07) is 14.7. The van der Waals surface area contributed by atoms with Crippen molar-refractivity contribution in [3.8, 4) is 5.75 Å². The summed E-state index contributed by atoms with van der Waals surface area (Å²) < 4.78 is 5.59. The lowest BCUT2D eigenvalue weighted by Gasteiger charge is -2.10. The maximum atomic E-state index is 12.2. The Hall–Kier alpha value is -3.02. The molecule has 1 fully saturated rings. The average molecular weight is 353 g/mol. The Balaban J connectivity index is 1.44. The van der Waals surface area contributed by atoms with Gasteiger partial charge in [0.15, 0.2) is 0 Å². The fourth-order valence-electron chi connectivity index (χ4n) is 2.39. The third kappa shape index (κ3) is 5.51. The molecule has 0 radical (unpaired) electrons. The smallest absolute Gasteiger partial charge is 0.319 e. The summed E-state index contributed by atoms with van der Waals surface area (Å²) in [5.74, 6) is 0.571. The predicted molar refractivity (Wildman–Crippen MR) is 101 cm³/mol. The summed E-state index contributed by atoms with van der Waals surface area (Å²) in [4.78, 5) is 24.0. The quantitative estimate of drug-likeness (QED) is 0.669. The van der Waals surface area contributed by atoms with Crippen LogP contribution in [0.1, 0.15) is 28.8 Å². The van der Waals surface area contributed by atoms with Gasteiger partial charge in [0.2, 0.25) is 0 Å². The first-order valence-corrected chi connectivity index (χ1v) is 8.75. The first-order chi connectivity index (χ1) is 12.6. The molecule has 3 rings (SSSR count). The Bertz CT molecular complexity index is 770. The number of hydrogen-bond donors (Lipinski definition) is 3. The van der Waals surface area contributed by atoms with Crippen LogP contribution in [0.2, 0.25) is 0 Å². The Kier molecular flexibility index (Phi) is 5.73. The number of benzene rings is 2. The number of nitrogens with one attached hydrogen (secondary N) is 3. The second-order valence-corrected chi connectivity index (χ2v) is 6.37. The van der Waals surface area contributed by atoms with E-state index in [4.69, 9.17) is 4.74 Å². The van der Waals surface area contributed by atoms with Gasteiger partial charge in [0, 0.05) is 17.3 Å². The van der Waals surface area contributed by atoms with Crippen molar-refractivity contribution < 1.29 is 14.3 Å². The van der Waals surface area contributed by atoms with E-state index < -0.39 is 0 Å². The van der Waals surface area contributed by atoms with Crippen LogP contribution in [-0.4, -0.2) is 31.1 Å². The van der Waals surface area contributed by atoms with E-state index in [0.29, 0.717) is 24.4 Å². The Labute approximate surface area is 152 Å². The van der Waals surface area contributed by atoms with Crippen LogP contribution in [0.3, 0.4) is 0 Å². The van der Waals surface area contributed by atoms with Gasteiger partial charge in [-0.05, 0) is 50.1 Å². The minimum absolute atomic E-state index is 0.205. The molecule has 2 aromatic rings. The number of hydrogen-bond acceptors (Lipinski definition) is 3. The molecule has 6 heteroatoms. The monoisotopic (exact) mass is 353 g/mol. The van der Waals surface area contributed by atoms with Crippen molar-refractivity contribution in [3.63, 3.8) is 0 Å². The van der Waals surface area contributed by atoms with Gasteiger partial charge in [-0.1, -0.05) is 23.8 Å². The van der Waals surface area contributed by atoms with Gasteiger partial charge in [-0.15, -0.1) is 0 Å². The second-order valence-electron chi connectivity index (χ2n) is 6.37. The van der Waals surface area contributed by atoms with Gasteiger partial charge in [-0.25, -0.2) is 4.79 Å². The van der Waals surface area contributed by atoms with Crippen LogP contribution in [0.15, 0.2) is 48.5 Å². The molecule has 0 aromatic heterocycles. The molecule has 0 saturated heterocycles. The van der Waals surface area contributed by atoms with Gasteiger partial charge in [0.1, 0.15) is 12.4 Å². The Morgan fingerprint density at radius 2 is 1.88 bits per heavy atom. The van der Waals surface area contributed by atoms with Crippen LogP contribution in [0, 0.1) is 6.92 Å². The topological polar surface area (TPSA) is 79.5 Å². The highest BCUT2D eigenvalue weighted by Gasteiger charge is 2.23. The Morgan fingerprint density at radius 3 is 2.62 bits per heavy atom. The predicted octanol–water partition coefficient (Wildman–Crippen LogP) is 3.09. The molecule has 0 heterocycles. The highest BCUT2D eigenvalue weighted by molar-refractivity contribution is 5.96. The van der Waals surface area contributed by atoms with Crippen LogP contribution in [0.4, 0.5) is 10.5 Å². The van der Waals surface area contributed by atoms with Gasteiger partial charge in [0.05, 0.1) is 6.54 Å². The highest BCUT2D eigenvalue weighted by Crippen LogP contribution is 2.19. The van der Waals surface area contributed by atoms with Crippen LogP contribution in [0.5, 0.6) is 5.75 Å². The molecule has 0 spiro atoms. The molecule has 1 saturated carbocycles. The number of aryl methyl sites for hydroxylation is 1. The van der Waals surface area contributed by atoms with Crippen molar-refractivity contribution in [1.82, 2.24) is 10.6 Å². The zero-order valence-electron chi connectivity index (χ0n) is 14.7. The van der Waals surface area contributed by atoms with Crippen LogP contribution < -0.4 is 20.7 Å². The first-order valence-electron chi connectivity index (χ1n) is 8.75. The normalized spacial score (nSPS) is 13.0. The van der Waals surface area contributed by atoms with E-state index in [1.807, 2.05) is 31.2 Å². The maximum Gasteiger partial charge on any atom is 0.319 e. The minimum Gasteiger partial charge on any atom is -0.492 e. The molecule has 3 amide bonds. The summed E-state index contributed by atoms with van der Waals surface area (Å²) in [5, 5.41) is 8.40. The number of rotatable bonds is 7. The van der Waals surface area contributed by atoms with Crippen molar-refractivity contribution in [2.75, 3.05) is 18.5 Å². The lowest BCUT2D eigenvalue weighted by atomic mass is 10.2. The van der Waals surface area contributed by atoms with E-state index in [-0.39, 0.29) is 18.0 Å². The molecule has 3 N–H and O–H groups in total. The van der Waals surface area contributed by atoms with E-state index in [1.54, 1.807) is 24.3 Å². The molecule has 2 aromatic carbocycles. The molecule has 0 atom stereocenters. The molecule has 26 heavy (non-hydrogen) atoms. The van der Waals surface area contributed by atoms with E-state index >= 15 is 0 Å². The zero-order chi connectivity index (χ0) is 18.4. The second kappa shape index (κ2) is 8.38. The number of carbonyl (C=O) groups excluding carboxylic acids is 2. The van der Waals surface area contributed by atoms with Crippen LogP contribution in [-0.2, 0) is 0 Å². The largest absolute Gasteiger partial charge is 0.492 e. The third-order valence-electron chi connectivity index (χ3n) is 3.97. The standard InChI is InChI=1S/C20H23N3O3/c1-14-5-9-18(10-6-14)26-12-11-21-19(24)15-3-2-4-17(13-15)23-20(25)22-16-7-8-16/h2-6,9-10,13,16H,7-8,11-12H2,1H3,(H,21,24)(H2,22,23,25). The Morgan fingerprint density at radius 1 is 1.12 bits per heavy atom. The molecule has 0 aliphatic heterocycles. The molecule has 6 nitrogen and oxygen atoms in total. The van der Waals surface area contributed by atoms with Crippen molar-refractivity contribution in [2.24, 2.45) is 0 Å². The van der Waals surface area contributed by atoms with Crippen molar-refractivity contribution in [2.45, 2.75) is 25.8 Å². The summed E-state index contributed by atoms with van der Waals surface area (Å²) in [5.41, 5.74) is 2.25. The zero-order valence-corrected chi connectivity index (χ0v) is 14.7. The van der Waals surface area contributed by atoms with Gasteiger partial charge < -0.3 is 20.7 Å². The number of carbonyl (C=O) groups is 2.